The Morgan fingerprint density at radius 1 is 1.30 bits per heavy atom. The highest BCUT2D eigenvalue weighted by molar-refractivity contribution is 7.19. The van der Waals surface area contributed by atoms with Gasteiger partial charge in [-0.1, -0.05) is 0 Å². The maximum Gasteiger partial charge on any atom is 0.276 e. The molecule has 0 radical (unpaired) electrons. The van der Waals surface area contributed by atoms with Crippen LogP contribution in [0.5, 0.6) is 0 Å². The maximum absolute atomic E-state index is 13.3. The molecule has 0 fully saturated rings. The zero-order chi connectivity index (χ0) is 23.7. The third-order valence-electron chi connectivity index (χ3n) is 6.47. The summed E-state index contributed by atoms with van der Waals surface area (Å²) in [4.78, 5) is 50.8. The number of rotatable bonds is 3. The van der Waals surface area contributed by atoms with E-state index in [2.05, 4.69) is 20.6 Å². The lowest BCUT2D eigenvalue weighted by Gasteiger charge is -2.24. The number of carbonyl (C=O) groups excluding carboxylic acids is 2. The summed E-state index contributed by atoms with van der Waals surface area (Å²) in [5, 5.41) is 7.00. The summed E-state index contributed by atoms with van der Waals surface area (Å²) in [5.41, 5.74) is 1.50. The molecule has 0 saturated heterocycles. The van der Waals surface area contributed by atoms with Crippen LogP contribution in [-0.2, 0) is 23.3 Å². The van der Waals surface area contributed by atoms with Crippen molar-refractivity contribution in [1.82, 2.24) is 24.8 Å². The zero-order valence-electron chi connectivity index (χ0n) is 19.3. The Labute approximate surface area is 194 Å². The van der Waals surface area contributed by atoms with E-state index in [1.807, 2.05) is 6.92 Å². The normalized spacial score (nSPS) is 18.6. The maximum atomic E-state index is 13.3. The number of fused-ring (bicyclic) bond motifs is 4. The average molecular weight is 467 g/mol. The topological polar surface area (TPSA) is 109 Å². The minimum absolute atomic E-state index is 0.0267. The molecule has 1 atom stereocenters. The number of aromatic nitrogens is 3. The van der Waals surface area contributed by atoms with Gasteiger partial charge in [0.1, 0.15) is 34.0 Å². The lowest BCUT2D eigenvalue weighted by atomic mass is 9.87. The number of anilines is 2. The SMILES string of the molecule is Cc1cc(Nc2ncnc3sc4c(c23)CCC(C(=O)N(C)C)C4)c(=O)n2c1C(=O)NC2(C)C. The fraction of sp³-hybridized carbons (Fsp3) is 0.435. The minimum atomic E-state index is -0.817. The van der Waals surface area contributed by atoms with Gasteiger partial charge in [0.2, 0.25) is 5.91 Å². The Kier molecular flexibility index (Phi) is 4.82. The fourth-order valence-corrected chi connectivity index (χ4v) is 6.22. The smallest absolute Gasteiger partial charge is 0.276 e. The molecule has 1 aliphatic carbocycles. The van der Waals surface area contributed by atoms with Gasteiger partial charge < -0.3 is 15.5 Å². The van der Waals surface area contributed by atoms with Crippen molar-refractivity contribution in [3.8, 4) is 0 Å². The van der Waals surface area contributed by atoms with E-state index < -0.39 is 5.66 Å². The van der Waals surface area contributed by atoms with Crippen LogP contribution >= 0.6 is 11.3 Å². The summed E-state index contributed by atoms with van der Waals surface area (Å²) < 4.78 is 1.51. The van der Waals surface area contributed by atoms with E-state index in [1.165, 1.54) is 10.9 Å². The molecule has 2 aliphatic rings. The van der Waals surface area contributed by atoms with Crippen LogP contribution in [0.3, 0.4) is 0 Å². The molecule has 2 N–H and O–H groups in total. The van der Waals surface area contributed by atoms with Crippen LogP contribution in [0.4, 0.5) is 11.5 Å². The van der Waals surface area contributed by atoms with E-state index >= 15 is 0 Å². The number of carbonyl (C=O) groups is 2. The van der Waals surface area contributed by atoms with E-state index in [4.69, 9.17) is 0 Å². The summed E-state index contributed by atoms with van der Waals surface area (Å²) in [6, 6.07) is 1.70. The van der Waals surface area contributed by atoms with E-state index in [-0.39, 0.29) is 23.3 Å². The second-order valence-corrected chi connectivity index (χ2v) is 10.5. The number of aryl methyl sites for hydroxylation is 2. The summed E-state index contributed by atoms with van der Waals surface area (Å²) in [5.74, 6) is 0.442. The minimum Gasteiger partial charge on any atom is -0.349 e. The van der Waals surface area contributed by atoms with Crippen molar-refractivity contribution in [2.75, 3.05) is 19.4 Å². The Morgan fingerprint density at radius 3 is 2.79 bits per heavy atom. The van der Waals surface area contributed by atoms with Crippen LogP contribution < -0.4 is 16.2 Å². The Morgan fingerprint density at radius 2 is 2.06 bits per heavy atom. The molecule has 172 valence electrons. The van der Waals surface area contributed by atoms with Crippen LogP contribution in [0.1, 0.15) is 46.8 Å². The molecule has 5 rings (SSSR count). The number of hydrogen-bond acceptors (Lipinski definition) is 7. The first-order valence-corrected chi connectivity index (χ1v) is 11.7. The number of pyridine rings is 1. The van der Waals surface area contributed by atoms with E-state index in [9.17, 15) is 14.4 Å². The van der Waals surface area contributed by atoms with Crippen molar-refractivity contribution in [3.05, 3.63) is 44.4 Å². The molecule has 3 aromatic heterocycles. The highest BCUT2D eigenvalue weighted by Gasteiger charge is 2.38. The van der Waals surface area contributed by atoms with Crippen LogP contribution in [0.15, 0.2) is 17.2 Å². The quantitative estimate of drug-likeness (QED) is 0.614. The largest absolute Gasteiger partial charge is 0.349 e. The summed E-state index contributed by atoms with van der Waals surface area (Å²) in [6.07, 6.45) is 3.71. The van der Waals surface area contributed by atoms with Crippen molar-refractivity contribution < 1.29 is 9.59 Å². The van der Waals surface area contributed by atoms with Crippen molar-refractivity contribution in [2.45, 2.75) is 45.7 Å². The highest BCUT2D eigenvalue weighted by Crippen LogP contribution is 2.40. The third-order valence-corrected chi connectivity index (χ3v) is 7.64. The van der Waals surface area contributed by atoms with Crippen LogP contribution in [0.25, 0.3) is 10.2 Å². The predicted octanol–water partition coefficient (Wildman–Crippen LogP) is 2.53. The molecule has 0 saturated carbocycles. The molecule has 1 aliphatic heterocycles. The fourth-order valence-electron chi connectivity index (χ4n) is 4.95. The average Bonchev–Trinajstić information content (AvgIpc) is 3.24. The molecule has 10 heteroatoms. The number of hydrogen-bond donors (Lipinski definition) is 2. The standard InChI is InChI=1S/C23H26N6O3S/c1-11-8-14(22(32)29-17(11)19(30)27-23(29,2)3)26-18-16-13-7-6-12(21(31)28(4)5)9-15(13)33-20(16)25-10-24-18/h8,10,12H,6-7,9H2,1-5H3,(H,27,30)(H,24,25,26). The third kappa shape index (κ3) is 3.31. The molecule has 0 spiro atoms. The van der Waals surface area contributed by atoms with Gasteiger partial charge in [0, 0.05) is 24.9 Å². The second-order valence-electron chi connectivity index (χ2n) is 9.45. The molecule has 33 heavy (non-hydrogen) atoms. The number of nitrogens with zero attached hydrogens (tertiary/aromatic N) is 4. The van der Waals surface area contributed by atoms with Crippen molar-refractivity contribution in [1.29, 1.82) is 0 Å². The van der Waals surface area contributed by atoms with E-state index in [0.717, 1.165) is 33.5 Å². The van der Waals surface area contributed by atoms with Gasteiger partial charge in [0.15, 0.2) is 0 Å². The number of amides is 2. The number of thiophene rings is 1. The van der Waals surface area contributed by atoms with Gasteiger partial charge in [-0.25, -0.2) is 9.97 Å². The summed E-state index contributed by atoms with van der Waals surface area (Å²) in [6.45, 7) is 5.42. The van der Waals surface area contributed by atoms with Crippen LogP contribution in [0.2, 0.25) is 0 Å². The molecular weight excluding hydrogens is 440 g/mol. The van der Waals surface area contributed by atoms with Crippen molar-refractivity contribution in [3.63, 3.8) is 0 Å². The van der Waals surface area contributed by atoms with Crippen molar-refractivity contribution >= 4 is 44.9 Å². The van der Waals surface area contributed by atoms with E-state index in [0.29, 0.717) is 29.2 Å². The second kappa shape index (κ2) is 7.38. The first-order valence-electron chi connectivity index (χ1n) is 10.9. The molecule has 0 bridgehead atoms. The Balaban J connectivity index is 1.57. The van der Waals surface area contributed by atoms with Gasteiger partial charge in [-0.2, -0.15) is 0 Å². The highest BCUT2D eigenvalue weighted by atomic mass is 32.1. The first-order chi connectivity index (χ1) is 15.6. The monoisotopic (exact) mass is 466 g/mol. The van der Waals surface area contributed by atoms with Crippen LogP contribution in [-0.4, -0.2) is 45.3 Å². The Hall–Kier alpha value is -3.27. The molecule has 0 aromatic carbocycles. The van der Waals surface area contributed by atoms with Gasteiger partial charge in [-0.15, -0.1) is 11.3 Å². The molecule has 2 amide bonds. The Bertz CT molecular complexity index is 1390. The lowest BCUT2D eigenvalue weighted by Crippen LogP contribution is -2.42. The van der Waals surface area contributed by atoms with Gasteiger partial charge in [-0.3, -0.25) is 19.0 Å². The van der Waals surface area contributed by atoms with Gasteiger partial charge in [-0.05, 0) is 57.2 Å². The summed E-state index contributed by atoms with van der Waals surface area (Å²) >= 11 is 1.58. The van der Waals surface area contributed by atoms with Gasteiger partial charge >= 0.3 is 0 Å². The predicted molar refractivity (Wildman–Crippen MR) is 127 cm³/mol. The first kappa shape index (κ1) is 21.6. The molecule has 4 heterocycles. The molecule has 1 unspecified atom stereocenters. The van der Waals surface area contributed by atoms with Gasteiger partial charge in [0.05, 0.1) is 5.39 Å². The van der Waals surface area contributed by atoms with Crippen molar-refractivity contribution in [2.24, 2.45) is 5.92 Å². The molecule has 3 aromatic rings. The molecular formula is C23H26N6O3S. The molecule has 9 nitrogen and oxygen atoms in total. The zero-order valence-corrected chi connectivity index (χ0v) is 20.1. The van der Waals surface area contributed by atoms with E-state index in [1.54, 1.807) is 50.2 Å². The lowest BCUT2D eigenvalue weighted by molar-refractivity contribution is -0.133. The summed E-state index contributed by atoms with van der Waals surface area (Å²) in [7, 11) is 3.58. The number of nitrogens with one attached hydrogen (secondary N) is 2. The van der Waals surface area contributed by atoms with Crippen LogP contribution in [0, 0.1) is 12.8 Å². The van der Waals surface area contributed by atoms with Gasteiger partial charge in [0.25, 0.3) is 11.5 Å².